The van der Waals surface area contributed by atoms with Gasteiger partial charge in [-0.15, -0.1) is 5.06 Å². The largest absolute Gasteiger partial charge is 0.475 e. The number of nitrogens with one attached hydrogen (secondary N) is 1. The van der Waals surface area contributed by atoms with E-state index in [1.807, 2.05) is 73.3 Å². The van der Waals surface area contributed by atoms with Gasteiger partial charge in [-0.1, -0.05) is 12.1 Å². The number of halogens is 1. The fourth-order valence-corrected chi connectivity index (χ4v) is 6.57. The molecule has 0 unspecified atom stereocenters. The molecule has 1 saturated heterocycles. The fourth-order valence-electron chi connectivity index (χ4n) is 6.57. The standard InChI is InChI=1S/C37H42FN9O4.CH4S/c1-24(2)50-34-9-5-27(20-39-34)36-31-19-29(6-8-33(31)41-42-36)51-44(3)28-12-13-45(21-28)22-35(49)46-14-10-25(11-15-46)26-4-7-30(32(38)18-26)37-40-23-47(43-37)16-17-48;1-2/h4-10,18-20,23-24,28,48H,11-17,21-22H2,1-3H3,(H,41,42);2H,1H3/t28-;/m0./s1. The number of aromatic amines is 1. The lowest BCUT2D eigenvalue weighted by Gasteiger charge is -2.29. The highest BCUT2D eigenvalue weighted by Gasteiger charge is 2.30. The molecule has 53 heavy (non-hydrogen) atoms. The van der Waals surface area contributed by atoms with Crippen LogP contribution in [-0.4, -0.2) is 121 Å². The molecule has 2 aliphatic rings. The quantitative estimate of drug-likeness (QED) is 0.119. The van der Waals surface area contributed by atoms with Crippen molar-refractivity contribution >= 4 is 35.0 Å². The minimum Gasteiger partial charge on any atom is -0.475 e. The molecular formula is C38H46FN9O4S. The van der Waals surface area contributed by atoms with Gasteiger partial charge < -0.3 is 19.6 Å². The lowest BCUT2D eigenvalue weighted by Crippen LogP contribution is -2.43. The van der Waals surface area contributed by atoms with E-state index in [4.69, 9.17) is 14.7 Å². The van der Waals surface area contributed by atoms with E-state index in [2.05, 4.69) is 42.8 Å². The monoisotopic (exact) mass is 743 g/mol. The number of hydrogen-bond donors (Lipinski definition) is 3. The van der Waals surface area contributed by atoms with Crippen LogP contribution in [0.15, 0.2) is 67.1 Å². The SMILES string of the molecule is CC(C)Oc1ccc(-c2n[nH]c3ccc(ON(C)[C@H]4CCN(CC(=O)N5CC=C(c6ccc(-c7ncn(CCO)n7)c(F)c6)CC5)C4)cc23)cn1.CS. The number of likely N-dealkylation sites (N-methyl/N-ethyl adjacent to an activating group) is 1. The number of thiol groups is 1. The van der Waals surface area contributed by atoms with Crippen molar-refractivity contribution in [2.24, 2.45) is 0 Å². The zero-order valence-corrected chi connectivity index (χ0v) is 31.3. The Labute approximate surface area is 313 Å². The van der Waals surface area contributed by atoms with Gasteiger partial charge in [0.15, 0.2) is 5.82 Å². The van der Waals surface area contributed by atoms with E-state index >= 15 is 4.39 Å². The van der Waals surface area contributed by atoms with Crippen LogP contribution in [0.2, 0.25) is 0 Å². The second kappa shape index (κ2) is 17.3. The van der Waals surface area contributed by atoms with Gasteiger partial charge in [-0.2, -0.15) is 22.8 Å². The Balaban J connectivity index is 0.00000236. The van der Waals surface area contributed by atoms with Gasteiger partial charge in [0.1, 0.15) is 23.6 Å². The average Bonchev–Trinajstić information content (AvgIpc) is 3.93. The molecule has 280 valence electrons. The van der Waals surface area contributed by atoms with Gasteiger partial charge in [0.05, 0.1) is 42.9 Å². The maximum Gasteiger partial charge on any atom is 0.237 e. The van der Waals surface area contributed by atoms with E-state index in [9.17, 15) is 4.79 Å². The number of likely N-dealkylation sites (tertiary alicyclic amines) is 1. The highest BCUT2D eigenvalue weighted by Crippen LogP contribution is 2.31. The van der Waals surface area contributed by atoms with E-state index in [1.54, 1.807) is 18.5 Å². The van der Waals surface area contributed by atoms with Crippen LogP contribution in [0.1, 0.15) is 32.3 Å². The van der Waals surface area contributed by atoms with Crippen molar-refractivity contribution < 1.29 is 23.9 Å². The van der Waals surface area contributed by atoms with Gasteiger partial charge >= 0.3 is 0 Å². The summed E-state index contributed by atoms with van der Waals surface area (Å²) in [6, 6.07) is 14.8. The first-order valence-electron chi connectivity index (χ1n) is 17.7. The molecule has 2 N–H and O–H groups in total. The van der Waals surface area contributed by atoms with Gasteiger partial charge in [0, 0.05) is 56.4 Å². The van der Waals surface area contributed by atoms with E-state index in [1.165, 1.54) is 17.1 Å². The number of amides is 1. The van der Waals surface area contributed by atoms with Crippen LogP contribution in [0, 0.1) is 5.82 Å². The molecule has 13 nitrogen and oxygen atoms in total. The van der Waals surface area contributed by atoms with Gasteiger partial charge in [0.25, 0.3) is 0 Å². The summed E-state index contributed by atoms with van der Waals surface area (Å²) >= 11 is 3.53. The lowest BCUT2D eigenvalue weighted by molar-refractivity contribution is -0.132. The number of hydroxylamine groups is 2. The molecule has 1 amide bonds. The van der Waals surface area contributed by atoms with Crippen molar-refractivity contribution in [1.29, 1.82) is 0 Å². The van der Waals surface area contributed by atoms with Gasteiger partial charge in [0.2, 0.25) is 11.8 Å². The number of carbonyl (C=O) groups is 1. The molecule has 3 aromatic heterocycles. The number of benzene rings is 2. The Morgan fingerprint density at radius 3 is 2.66 bits per heavy atom. The summed E-state index contributed by atoms with van der Waals surface area (Å²) in [6.45, 7) is 7.07. The molecule has 5 aromatic rings. The number of nitrogens with zero attached hydrogens (tertiary/aromatic N) is 8. The third-order valence-electron chi connectivity index (χ3n) is 9.28. The Morgan fingerprint density at radius 1 is 1.11 bits per heavy atom. The van der Waals surface area contributed by atoms with Crippen molar-refractivity contribution in [3.63, 3.8) is 0 Å². The first kappa shape index (κ1) is 37.9. The van der Waals surface area contributed by atoms with Gasteiger partial charge in [-0.25, -0.2) is 14.4 Å². The maximum absolute atomic E-state index is 15.0. The number of fused-ring (bicyclic) bond motifs is 1. The van der Waals surface area contributed by atoms with E-state index in [0.29, 0.717) is 56.3 Å². The second-order valence-electron chi connectivity index (χ2n) is 13.2. The molecule has 0 spiro atoms. The summed E-state index contributed by atoms with van der Waals surface area (Å²) in [5, 5.41) is 23.8. The predicted octanol–water partition coefficient (Wildman–Crippen LogP) is 4.96. The summed E-state index contributed by atoms with van der Waals surface area (Å²) in [5.74, 6) is 1.22. The van der Waals surface area contributed by atoms with Crippen LogP contribution >= 0.6 is 12.6 Å². The molecule has 1 atom stereocenters. The van der Waals surface area contributed by atoms with Crippen LogP contribution in [0.3, 0.4) is 0 Å². The number of aliphatic hydroxyl groups excluding tert-OH is 1. The number of H-pyrrole nitrogens is 1. The Morgan fingerprint density at radius 2 is 1.94 bits per heavy atom. The molecular weight excluding hydrogens is 698 g/mol. The number of rotatable bonds is 12. The molecule has 0 aliphatic carbocycles. The van der Waals surface area contributed by atoms with E-state index < -0.39 is 5.82 Å². The van der Waals surface area contributed by atoms with Crippen molar-refractivity contribution in [2.75, 3.05) is 52.6 Å². The summed E-state index contributed by atoms with van der Waals surface area (Å²) in [7, 11) is 1.93. The number of aromatic nitrogens is 6. The first-order valence-corrected chi connectivity index (χ1v) is 18.6. The maximum atomic E-state index is 15.0. The van der Waals surface area contributed by atoms with Crippen LogP contribution in [0.5, 0.6) is 11.6 Å². The summed E-state index contributed by atoms with van der Waals surface area (Å²) < 4.78 is 22.2. The smallest absolute Gasteiger partial charge is 0.237 e. The van der Waals surface area contributed by atoms with E-state index in [0.717, 1.165) is 46.3 Å². The minimum atomic E-state index is -0.408. The first-order chi connectivity index (χ1) is 25.7. The summed E-state index contributed by atoms with van der Waals surface area (Å²) in [6.07, 6.45) is 8.51. The third-order valence-corrected chi connectivity index (χ3v) is 9.28. The average molecular weight is 744 g/mol. The zero-order chi connectivity index (χ0) is 37.5. The van der Waals surface area contributed by atoms with Crippen molar-refractivity contribution in [1.82, 2.24) is 44.8 Å². The highest BCUT2D eigenvalue weighted by atomic mass is 32.1. The molecule has 5 heterocycles. The highest BCUT2D eigenvalue weighted by molar-refractivity contribution is 7.79. The number of pyridine rings is 1. The number of aliphatic hydroxyl groups is 1. The third kappa shape index (κ3) is 9.04. The molecule has 7 rings (SSSR count). The molecule has 0 bridgehead atoms. The van der Waals surface area contributed by atoms with Crippen molar-refractivity contribution in [3.05, 3.63) is 78.5 Å². The van der Waals surface area contributed by atoms with Crippen LogP contribution in [0.25, 0.3) is 39.1 Å². The van der Waals surface area contributed by atoms with Gasteiger partial charge in [-0.3, -0.25) is 19.5 Å². The predicted molar refractivity (Wildman–Crippen MR) is 205 cm³/mol. The molecule has 2 aliphatic heterocycles. The van der Waals surface area contributed by atoms with Gasteiger partial charge in [-0.05, 0) is 80.5 Å². The van der Waals surface area contributed by atoms with E-state index in [-0.39, 0.29) is 30.5 Å². The number of ether oxygens (including phenoxy) is 1. The van der Waals surface area contributed by atoms with Crippen molar-refractivity contribution in [2.45, 2.75) is 45.4 Å². The lowest BCUT2D eigenvalue weighted by atomic mass is 9.98. The molecule has 15 heteroatoms. The van der Waals surface area contributed by atoms with Crippen LogP contribution < -0.4 is 9.57 Å². The second-order valence-corrected chi connectivity index (χ2v) is 13.2. The topological polar surface area (TPSA) is 138 Å². The Hall–Kier alpha value is -4.83. The number of carbonyl (C=O) groups excluding carboxylic acids is 1. The minimum absolute atomic E-state index is 0.0474. The molecule has 2 aromatic carbocycles. The summed E-state index contributed by atoms with van der Waals surface area (Å²) in [4.78, 5) is 32.2. The number of hydrogen-bond acceptors (Lipinski definition) is 11. The van der Waals surface area contributed by atoms with Crippen LogP contribution in [0.4, 0.5) is 4.39 Å². The molecule has 1 fully saturated rings. The summed E-state index contributed by atoms with van der Waals surface area (Å²) in [5.41, 5.74) is 4.66. The Bertz CT molecular complexity index is 2030. The fraction of sp³-hybridized carbons (Fsp3) is 0.395. The molecule has 0 radical (unpaired) electrons. The molecule has 0 saturated carbocycles. The Kier molecular flexibility index (Phi) is 12.4. The normalized spacial score (nSPS) is 16.2. The van der Waals surface area contributed by atoms with Crippen molar-refractivity contribution in [3.8, 4) is 34.3 Å². The van der Waals surface area contributed by atoms with Crippen LogP contribution in [-0.2, 0) is 11.3 Å². The zero-order valence-electron chi connectivity index (χ0n) is 30.4.